The van der Waals surface area contributed by atoms with Crippen LogP contribution in [-0.4, -0.2) is 303 Å². The number of hydrogen-bond donors (Lipinski definition) is 1. The second-order valence-electron chi connectivity index (χ2n) is 44.5. The van der Waals surface area contributed by atoms with Crippen LogP contribution in [0.15, 0.2) is 114 Å². The molecule has 0 bridgehead atoms. The molecule has 0 fully saturated rings. The first-order valence-electron chi connectivity index (χ1n) is 52.4. The maximum absolute atomic E-state index is 12.4. The molecule has 27 nitrogen and oxygen atoms in total. The minimum atomic E-state index is -0.535. The van der Waals surface area contributed by atoms with Crippen LogP contribution in [0, 0.1) is 0 Å². The third-order valence-electron chi connectivity index (χ3n) is 30.0. The van der Waals surface area contributed by atoms with E-state index in [-0.39, 0.29) is 58.3 Å². The molecule has 0 spiro atoms. The zero-order valence-corrected chi connectivity index (χ0v) is 90.5. The largest absolute Gasteiger partial charge is 0.422 e. The van der Waals surface area contributed by atoms with Gasteiger partial charge in [-0.2, -0.15) is 0 Å². The summed E-state index contributed by atoms with van der Waals surface area (Å²) in [4.78, 5) is 135. The van der Waals surface area contributed by atoms with E-state index in [9.17, 15) is 38.4 Å². The first-order valence-corrected chi connectivity index (χ1v) is 52.4. The van der Waals surface area contributed by atoms with Crippen molar-refractivity contribution in [1.82, 2.24) is 82.4 Å². The monoisotopic (exact) mass is 1890 g/mol. The van der Waals surface area contributed by atoms with Gasteiger partial charge in [0.25, 0.3) is 22.6 Å². The van der Waals surface area contributed by atoms with Crippen LogP contribution in [0.1, 0.15) is 325 Å². The number of H-pyrrole nitrogens is 1. The number of imide groups is 1. The lowest BCUT2D eigenvalue weighted by atomic mass is 9.91. The Balaban J connectivity index is 0.000000174. The van der Waals surface area contributed by atoms with Crippen molar-refractivity contribution in [3.8, 4) is 0 Å². The third-order valence-corrected chi connectivity index (χ3v) is 30.0. The zero-order valence-electron chi connectivity index (χ0n) is 90.5. The smallest absolute Gasteiger partial charge is 0.414 e. The van der Waals surface area contributed by atoms with Gasteiger partial charge in [0, 0.05) is 295 Å². The highest BCUT2D eigenvalue weighted by atomic mass is 16.4. The summed E-state index contributed by atoms with van der Waals surface area (Å²) in [6.07, 6.45) is 19.0. The molecule has 136 heavy (non-hydrogen) atoms. The van der Waals surface area contributed by atoms with Crippen LogP contribution in [0.25, 0.3) is 0 Å². The van der Waals surface area contributed by atoms with Gasteiger partial charge in [-0.3, -0.25) is 82.3 Å². The molecule has 16 rings (SSSR count). The van der Waals surface area contributed by atoms with Crippen LogP contribution in [0.2, 0.25) is 0 Å². The van der Waals surface area contributed by atoms with Gasteiger partial charge in [0.2, 0.25) is 11.8 Å². The second kappa shape index (κ2) is 50.6. The molecule has 0 aromatic carbocycles. The number of nitrogens with zero attached hydrogens (tertiary/aromatic N) is 17. The maximum Gasteiger partial charge on any atom is 0.422 e. The molecule has 0 radical (unpaired) electrons. The van der Waals surface area contributed by atoms with Crippen molar-refractivity contribution in [3.63, 3.8) is 0 Å². The molecule has 0 aliphatic carbocycles. The highest BCUT2D eigenvalue weighted by Crippen LogP contribution is 2.34. The number of amides is 3. The van der Waals surface area contributed by atoms with E-state index in [1.165, 1.54) is 101 Å². The van der Waals surface area contributed by atoms with E-state index in [0.29, 0.717) is 129 Å². The Morgan fingerprint density at radius 3 is 1.24 bits per heavy atom. The number of allylic oxidation sites excluding steroid dienone is 1. The Bertz CT molecular complexity index is 4890. The Morgan fingerprint density at radius 1 is 0.324 bits per heavy atom. The summed E-state index contributed by atoms with van der Waals surface area (Å²) in [6, 6.07) is 8.58. The lowest BCUT2D eigenvalue weighted by molar-refractivity contribution is -0.145. The summed E-state index contributed by atoms with van der Waals surface area (Å²) in [5.41, 5.74) is 18.5. The molecule has 0 unspecified atom stereocenters. The van der Waals surface area contributed by atoms with Crippen LogP contribution in [0.4, 0.5) is 0 Å². The lowest BCUT2D eigenvalue weighted by Crippen LogP contribution is -2.50. The van der Waals surface area contributed by atoms with Crippen LogP contribution in [0.3, 0.4) is 0 Å². The van der Waals surface area contributed by atoms with E-state index in [0.717, 1.165) is 139 Å². The van der Waals surface area contributed by atoms with E-state index in [1.54, 1.807) is 22.3 Å². The number of aromatic nitrogens is 4. The minimum absolute atomic E-state index is 0.0354. The number of aliphatic imine (C=N–C) groups is 1. The fourth-order valence-corrected chi connectivity index (χ4v) is 20.3. The number of pyridine rings is 1. The Kier molecular flexibility index (Phi) is 41.6. The van der Waals surface area contributed by atoms with Crippen LogP contribution >= 0.6 is 0 Å². The molecule has 1 N–H and O–H groups in total. The number of carbonyl (C=O) groups is 3. The van der Waals surface area contributed by atoms with Gasteiger partial charge < -0.3 is 28.7 Å². The van der Waals surface area contributed by atoms with Crippen molar-refractivity contribution >= 4 is 24.1 Å². The zero-order chi connectivity index (χ0) is 101. The molecule has 13 aliphatic heterocycles. The molecular weight excluding hydrogens is 1710 g/mol. The number of aromatic amines is 1. The maximum atomic E-state index is 12.4. The summed E-state index contributed by atoms with van der Waals surface area (Å²) >= 11 is 0. The van der Waals surface area contributed by atoms with Gasteiger partial charge >= 0.3 is 11.4 Å². The number of hydrogen-bond acceptors (Lipinski definition) is 21. The van der Waals surface area contributed by atoms with Crippen molar-refractivity contribution in [2.75, 3.05) is 118 Å². The number of fused-ring (bicyclic) bond motifs is 3. The first-order chi connectivity index (χ1) is 64.0. The van der Waals surface area contributed by atoms with E-state index in [4.69, 9.17) is 4.42 Å². The summed E-state index contributed by atoms with van der Waals surface area (Å²) < 4.78 is 9.62. The summed E-state index contributed by atoms with van der Waals surface area (Å²) in [7, 11) is 0. The topological polar surface area (TPSA) is 235 Å². The second-order valence-corrected chi connectivity index (χ2v) is 44.5. The van der Waals surface area contributed by atoms with E-state index >= 15 is 0 Å². The molecule has 0 saturated carbocycles. The third kappa shape index (κ3) is 29.3. The molecule has 3 aromatic heterocycles. The van der Waals surface area contributed by atoms with Crippen molar-refractivity contribution in [2.24, 2.45) is 4.99 Å². The molecule has 3 amide bonds. The number of carbonyl (C=O) groups excluding carboxylic acids is 3. The summed E-state index contributed by atoms with van der Waals surface area (Å²) in [5, 5.41) is 0. The van der Waals surface area contributed by atoms with Gasteiger partial charge in [0.05, 0.1) is 17.5 Å². The Hall–Kier alpha value is -7.73. The van der Waals surface area contributed by atoms with Crippen LogP contribution < -0.4 is 28.1 Å². The predicted molar refractivity (Wildman–Crippen MR) is 558 cm³/mol. The minimum Gasteiger partial charge on any atom is -0.414 e. The summed E-state index contributed by atoms with van der Waals surface area (Å²) in [6.45, 7) is 89.8. The van der Waals surface area contributed by atoms with E-state index in [2.05, 4.69) is 262 Å². The molecule has 3 aromatic rings. The Labute approximate surface area is 818 Å². The van der Waals surface area contributed by atoms with Gasteiger partial charge in [-0.25, -0.2) is 19.1 Å². The van der Waals surface area contributed by atoms with E-state index < -0.39 is 5.76 Å². The number of rotatable bonds is 16. The standard InChI is InChI=1S/C14H22N2O2.C14H22N2O.C14H24N2O.C14H26N2.C14H24N2.C13H21N3O2.C13H23N3.C13H20N2O3/c1-9(2)15-6-5-11-7-13(17)16(10(3)4)14(18)12(11)8-15;1-10(2)15-7-5-12-6-8-16(11(3)4)14(17)13(12)9-15;1-10(2)15-6-5-12-7-14(17)16(11(3)4)9-13(12)8-15;2*1-11(2)15-7-5-13-6-8-16(12(3)4)10-14(13)9-15;1-8(2)15-6-5-11-10(7-15)12(17)16(9(3)4)13(18)14-11;1-10(2)15-6-5-13-12(7-15)8-16(9-14-13)11(3)4;1-8(2)14-6-5-11-10(7-14)12(16)15(9(3)4)13(17)18-11/h9-10H,5-8H2,1-4H3;6,8,10-11H,5,7,9H2,1-4H3;10-11H,5-9H2,1-4H3;11-12H,5-10H2,1-4H3;5,7,11-12H,6,8-10H2,1-4H3;8-9H,5-7H2,1-4H3,(H,14,18);9-11H,5-8H2,1-4H3;8-9H,5-7H2,1-4H3. The van der Waals surface area contributed by atoms with Gasteiger partial charge in [0.1, 0.15) is 5.76 Å². The van der Waals surface area contributed by atoms with Crippen LogP contribution in [-0.2, 0) is 53.3 Å². The lowest BCUT2D eigenvalue weighted by Gasteiger charge is -2.40. The van der Waals surface area contributed by atoms with Gasteiger partial charge in [0.15, 0.2) is 0 Å². The normalized spacial score (nSPS) is 20.3. The van der Waals surface area contributed by atoms with Gasteiger partial charge in [-0.1, -0.05) is 11.1 Å². The van der Waals surface area contributed by atoms with Crippen LogP contribution in [0.5, 0.6) is 0 Å². The summed E-state index contributed by atoms with van der Waals surface area (Å²) in [5.74, 6) is 0.246. The molecule has 16 heterocycles. The molecule has 0 atom stereocenters. The van der Waals surface area contributed by atoms with Crippen molar-refractivity contribution in [2.45, 2.75) is 408 Å². The average Bonchev–Trinajstić information content (AvgIpc) is 0.776. The van der Waals surface area contributed by atoms with Crippen molar-refractivity contribution in [1.29, 1.82) is 0 Å². The first kappa shape index (κ1) is 112. The van der Waals surface area contributed by atoms with Gasteiger partial charge in [-0.05, 0) is 317 Å². The molecule has 13 aliphatic rings. The SMILES string of the molecule is CC(C)N1C=CC2=C(C1)CN(C(C)C)CC2.CC(C)N1C=NC2=C(C1)CN(C(C)C)CC2.CC(C)N1CCC2=C(C1)C(=O)N(C(C)C)C(=O)C2.CC(C)N1CCC2=C(C1)CN(C(C)C)C(=O)C2.CC(C)N1CCC2=C(C1)CN(C(C)C)CC2.CC(C)N1CCc2[nH]c(=O)n(C(C)C)c(=O)c2C1.CC(C)N1CCc2ccn(C(C)C)c(=O)c2C1.CC(C)N1CCc2oc(=O)n(C(C)C)c(=O)c2C1. The highest BCUT2D eigenvalue weighted by molar-refractivity contribution is 6.09. The fourth-order valence-electron chi connectivity index (χ4n) is 20.3. The van der Waals surface area contributed by atoms with E-state index in [1.807, 2.05) is 63.5 Å². The predicted octanol–water partition coefficient (Wildman–Crippen LogP) is 15.1. The Morgan fingerprint density at radius 2 is 0.743 bits per heavy atom. The highest BCUT2D eigenvalue weighted by Gasteiger charge is 2.39. The molecule has 27 heteroatoms. The average molecular weight is 1890 g/mol. The van der Waals surface area contributed by atoms with Crippen molar-refractivity contribution < 1.29 is 18.8 Å². The molecular formula is C109H182N18O9. The van der Waals surface area contributed by atoms with Gasteiger partial charge in [-0.15, -0.1) is 0 Å². The quantitative estimate of drug-likeness (QED) is 0.104. The molecule has 762 valence electrons. The molecule has 0 saturated heterocycles. The fraction of sp³-hybridized carbons (Fsp3) is 0.734. The van der Waals surface area contributed by atoms with Crippen molar-refractivity contribution in [3.05, 3.63) is 166 Å². The number of nitrogens with one attached hydrogen (secondary N) is 1.